The van der Waals surface area contributed by atoms with Gasteiger partial charge in [0.1, 0.15) is 5.82 Å². The molecule has 0 aliphatic heterocycles. The molecular weight excluding hydrogens is 243 g/mol. The van der Waals surface area contributed by atoms with Crippen molar-refractivity contribution in [1.82, 2.24) is 0 Å². The molecule has 0 spiro atoms. The van der Waals surface area contributed by atoms with Crippen LogP contribution in [0.1, 0.15) is 0 Å². The van der Waals surface area contributed by atoms with Gasteiger partial charge in [0, 0.05) is 0 Å². The van der Waals surface area contributed by atoms with Gasteiger partial charge in [-0.3, -0.25) is 4.55 Å². The lowest BCUT2D eigenvalue weighted by Crippen LogP contribution is -2.00. The number of rotatable bonds is 3. The van der Waals surface area contributed by atoms with Gasteiger partial charge in [0.05, 0.1) is 5.56 Å². The summed E-state index contributed by atoms with van der Waals surface area (Å²) in [6.07, 6.45) is 0. The zero-order valence-corrected chi connectivity index (χ0v) is 9.49. The Morgan fingerprint density at radius 1 is 1.06 bits per heavy atom. The van der Waals surface area contributed by atoms with Crippen LogP contribution in [0.5, 0.6) is 5.75 Å². The summed E-state index contributed by atoms with van der Waals surface area (Å²) in [5, 5.41) is 0. The van der Waals surface area contributed by atoms with E-state index >= 15 is 0 Å². The lowest BCUT2D eigenvalue weighted by molar-refractivity contribution is 0.457. The summed E-state index contributed by atoms with van der Waals surface area (Å²) in [6.45, 7) is 0. The topological polar surface area (TPSA) is 46.5 Å². The number of halogens is 1. The van der Waals surface area contributed by atoms with Crippen LogP contribution in [0.25, 0.3) is 11.1 Å². The van der Waals surface area contributed by atoms with E-state index in [-0.39, 0.29) is 11.3 Å². The lowest BCUT2D eigenvalue weighted by atomic mass is 10.0. The molecule has 5 heteroatoms. The molecule has 1 N–H and O–H groups in total. The molecule has 0 saturated heterocycles. The van der Waals surface area contributed by atoms with Crippen LogP contribution >= 0.6 is 0 Å². The Morgan fingerprint density at radius 2 is 1.76 bits per heavy atom. The fourth-order valence-electron chi connectivity index (χ4n) is 1.54. The van der Waals surface area contributed by atoms with Crippen molar-refractivity contribution in [1.29, 1.82) is 0 Å². The van der Waals surface area contributed by atoms with Crippen molar-refractivity contribution in [2.45, 2.75) is 0 Å². The van der Waals surface area contributed by atoms with Crippen molar-refractivity contribution in [3.63, 3.8) is 0 Å². The lowest BCUT2D eigenvalue weighted by Gasteiger charge is -2.09. The highest BCUT2D eigenvalue weighted by Gasteiger charge is 2.13. The number of hydrogen-bond donors (Lipinski definition) is 1. The molecule has 2 aromatic carbocycles. The molecular formula is C12H9FO3S. The average Bonchev–Trinajstić information content (AvgIpc) is 2.29. The summed E-state index contributed by atoms with van der Waals surface area (Å²) >= 11 is -2.48. The van der Waals surface area contributed by atoms with E-state index in [1.54, 1.807) is 30.3 Å². The van der Waals surface area contributed by atoms with Gasteiger partial charge >= 0.3 is 11.4 Å². The van der Waals surface area contributed by atoms with Crippen LogP contribution in [-0.4, -0.2) is 8.76 Å². The molecule has 0 aliphatic carbocycles. The second-order valence-electron chi connectivity index (χ2n) is 3.28. The monoisotopic (exact) mass is 252 g/mol. The van der Waals surface area contributed by atoms with Gasteiger partial charge in [-0.05, 0) is 17.7 Å². The minimum atomic E-state index is -2.48. The van der Waals surface area contributed by atoms with Crippen molar-refractivity contribution in [2.24, 2.45) is 0 Å². The fraction of sp³-hybridized carbons (Fsp3) is 0. The van der Waals surface area contributed by atoms with Crippen molar-refractivity contribution < 1.29 is 17.3 Å². The summed E-state index contributed by atoms with van der Waals surface area (Å²) < 4.78 is 37.7. The van der Waals surface area contributed by atoms with Crippen LogP contribution < -0.4 is 4.18 Å². The highest BCUT2D eigenvalue weighted by molar-refractivity contribution is 7.74. The summed E-state index contributed by atoms with van der Waals surface area (Å²) in [7, 11) is 0. The Morgan fingerprint density at radius 3 is 2.41 bits per heavy atom. The molecule has 0 saturated carbocycles. The number of hydrogen-bond acceptors (Lipinski definition) is 2. The van der Waals surface area contributed by atoms with E-state index in [0.29, 0.717) is 5.56 Å². The van der Waals surface area contributed by atoms with Crippen LogP contribution in [0.3, 0.4) is 0 Å². The van der Waals surface area contributed by atoms with Crippen molar-refractivity contribution in [3.05, 3.63) is 54.3 Å². The molecule has 0 radical (unpaired) electrons. The van der Waals surface area contributed by atoms with Crippen LogP contribution in [0, 0.1) is 5.82 Å². The Kier molecular flexibility index (Phi) is 3.51. The van der Waals surface area contributed by atoms with Gasteiger partial charge in [-0.15, -0.1) is 0 Å². The Balaban J connectivity index is 2.55. The molecule has 2 aromatic rings. The summed E-state index contributed by atoms with van der Waals surface area (Å²) in [4.78, 5) is 0. The maximum atomic E-state index is 13.7. The van der Waals surface area contributed by atoms with Gasteiger partial charge in [0.25, 0.3) is 0 Å². The van der Waals surface area contributed by atoms with E-state index in [1.165, 1.54) is 18.2 Å². The molecule has 0 heterocycles. The molecule has 0 aliphatic rings. The van der Waals surface area contributed by atoms with E-state index < -0.39 is 17.2 Å². The summed E-state index contributed by atoms with van der Waals surface area (Å²) in [5.74, 6) is -0.462. The molecule has 1 atom stereocenters. The van der Waals surface area contributed by atoms with Crippen molar-refractivity contribution >= 4 is 11.4 Å². The SMILES string of the molecule is O=S(O)Oc1cccc(F)c1-c1ccccc1. The predicted octanol–water partition coefficient (Wildman–Crippen LogP) is 3.01. The second-order valence-corrected chi connectivity index (χ2v) is 3.88. The fourth-order valence-corrected chi connectivity index (χ4v) is 1.83. The quantitative estimate of drug-likeness (QED) is 0.854. The van der Waals surface area contributed by atoms with Crippen molar-refractivity contribution in [3.8, 4) is 16.9 Å². The third-order valence-electron chi connectivity index (χ3n) is 2.20. The molecule has 3 nitrogen and oxygen atoms in total. The average molecular weight is 252 g/mol. The first-order valence-electron chi connectivity index (χ1n) is 4.81. The Hall–Kier alpha value is -1.72. The molecule has 0 aromatic heterocycles. The van der Waals surface area contributed by atoms with Gasteiger partial charge in [0.15, 0.2) is 5.75 Å². The first kappa shape index (κ1) is 11.8. The Bertz CT molecular complexity index is 543. The molecule has 0 amide bonds. The minimum absolute atomic E-state index is 0.0389. The van der Waals surface area contributed by atoms with Crippen molar-refractivity contribution in [2.75, 3.05) is 0 Å². The first-order valence-corrected chi connectivity index (χ1v) is 5.85. The van der Waals surface area contributed by atoms with Gasteiger partial charge in [0.2, 0.25) is 0 Å². The highest BCUT2D eigenvalue weighted by Crippen LogP contribution is 2.32. The number of benzene rings is 2. The van der Waals surface area contributed by atoms with E-state index in [1.807, 2.05) is 0 Å². The van der Waals surface area contributed by atoms with E-state index in [4.69, 9.17) is 4.55 Å². The summed E-state index contributed by atoms with van der Waals surface area (Å²) in [6, 6.07) is 12.8. The highest BCUT2D eigenvalue weighted by atomic mass is 32.2. The first-order chi connectivity index (χ1) is 8.18. The maximum Gasteiger partial charge on any atom is 0.357 e. The van der Waals surface area contributed by atoms with E-state index in [9.17, 15) is 8.60 Å². The zero-order valence-electron chi connectivity index (χ0n) is 8.67. The standard InChI is InChI=1S/C12H9FO3S/c13-10-7-4-8-11(16-17(14)15)12(10)9-5-2-1-3-6-9/h1-8H,(H,14,15). The smallest absolute Gasteiger partial charge is 0.357 e. The molecule has 88 valence electrons. The summed E-state index contributed by atoms with van der Waals surface area (Å²) in [5.41, 5.74) is 0.765. The van der Waals surface area contributed by atoms with Crippen LogP contribution in [-0.2, 0) is 11.4 Å². The minimum Gasteiger partial charge on any atom is -0.379 e. The normalized spacial score (nSPS) is 12.1. The van der Waals surface area contributed by atoms with Gasteiger partial charge < -0.3 is 4.18 Å². The molecule has 0 bridgehead atoms. The van der Waals surface area contributed by atoms with Gasteiger partial charge in [-0.1, -0.05) is 36.4 Å². The molecule has 1 unspecified atom stereocenters. The second kappa shape index (κ2) is 5.07. The molecule has 0 fully saturated rings. The maximum absolute atomic E-state index is 13.7. The third-order valence-corrected chi connectivity index (χ3v) is 2.52. The Labute approximate surface area is 100 Å². The van der Waals surface area contributed by atoms with E-state index in [2.05, 4.69) is 4.18 Å². The van der Waals surface area contributed by atoms with Gasteiger partial charge in [-0.2, -0.15) is 4.21 Å². The third kappa shape index (κ3) is 2.69. The zero-order chi connectivity index (χ0) is 12.3. The van der Waals surface area contributed by atoms with Crippen LogP contribution in [0.2, 0.25) is 0 Å². The van der Waals surface area contributed by atoms with Gasteiger partial charge in [-0.25, -0.2) is 4.39 Å². The molecule has 17 heavy (non-hydrogen) atoms. The van der Waals surface area contributed by atoms with E-state index in [0.717, 1.165) is 0 Å². The molecule has 2 rings (SSSR count). The van der Waals surface area contributed by atoms with Crippen LogP contribution in [0.15, 0.2) is 48.5 Å². The largest absolute Gasteiger partial charge is 0.379 e. The van der Waals surface area contributed by atoms with Crippen LogP contribution in [0.4, 0.5) is 4.39 Å². The predicted molar refractivity (Wildman–Crippen MR) is 63.2 cm³/mol.